The van der Waals surface area contributed by atoms with Gasteiger partial charge in [-0.3, -0.25) is 14.6 Å². The Kier molecular flexibility index (Phi) is 6.30. The zero-order chi connectivity index (χ0) is 21.2. The first-order chi connectivity index (χ1) is 13.8. The van der Waals surface area contributed by atoms with Crippen molar-refractivity contribution in [2.24, 2.45) is 0 Å². The number of sulfonamides is 1. The first-order valence-corrected chi connectivity index (χ1v) is 11.0. The van der Waals surface area contributed by atoms with Crippen LogP contribution in [0.4, 0.5) is 5.69 Å². The molecule has 0 amide bonds. The first-order valence-electron chi connectivity index (χ1n) is 8.64. The van der Waals surface area contributed by atoms with E-state index in [-0.39, 0.29) is 39.3 Å². The SMILES string of the molecule is CCCS(=O)(=O)Nc1ccc(Cl)c(C(=O)Cc2cnc3[nH]nc(OC)c3c2)c1Cl. The third-order valence-electron chi connectivity index (χ3n) is 4.10. The van der Waals surface area contributed by atoms with E-state index in [0.717, 1.165) is 0 Å². The molecule has 29 heavy (non-hydrogen) atoms. The number of carbonyl (C=O) groups excluding carboxylic acids is 1. The minimum absolute atomic E-state index is 0.0398. The molecule has 0 spiro atoms. The summed E-state index contributed by atoms with van der Waals surface area (Å²) in [6.45, 7) is 1.75. The number of hydrogen-bond acceptors (Lipinski definition) is 6. The van der Waals surface area contributed by atoms with Gasteiger partial charge in [-0.25, -0.2) is 13.4 Å². The van der Waals surface area contributed by atoms with Crippen LogP contribution in [0.5, 0.6) is 5.88 Å². The number of methoxy groups -OCH3 is 1. The number of carbonyl (C=O) groups is 1. The Bertz CT molecular complexity index is 1180. The molecule has 11 heteroatoms. The standard InChI is InChI=1S/C18H18Cl2N4O4S/c1-3-6-29(26,27)24-13-5-4-12(19)15(16(13)20)14(25)8-10-7-11-17(21-9-10)22-23-18(11)28-2/h4-5,7,9,24H,3,6,8H2,1-2H3,(H,21,22,23). The van der Waals surface area contributed by atoms with Crippen molar-refractivity contribution in [2.45, 2.75) is 19.8 Å². The van der Waals surface area contributed by atoms with Crippen molar-refractivity contribution in [3.05, 3.63) is 45.6 Å². The van der Waals surface area contributed by atoms with Crippen LogP contribution in [0.3, 0.4) is 0 Å². The van der Waals surface area contributed by atoms with Crippen LogP contribution in [0, 0.1) is 0 Å². The zero-order valence-electron chi connectivity index (χ0n) is 15.6. The van der Waals surface area contributed by atoms with Gasteiger partial charge in [0.25, 0.3) is 0 Å². The lowest BCUT2D eigenvalue weighted by atomic mass is 10.0. The number of H-pyrrole nitrogens is 1. The van der Waals surface area contributed by atoms with Gasteiger partial charge >= 0.3 is 0 Å². The summed E-state index contributed by atoms with van der Waals surface area (Å²) >= 11 is 12.5. The summed E-state index contributed by atoms with van der Waals surface area (Å²) in [5, 5.41) is 7.43. The molecule has 0 saturated heterocycles. The highest BCUT2D eigenvalue weighted by Crippen LogP contribution is 2.33. The molecule has 8 nitrogen and oxygen atoms in total. The number of hydrogen-bond donors (Lipinski definition) is 2. The molecule has 0 aliphatic carbocycles. The summed E-state index contributed by atoms with van der Waals surface area (Å²) in [6, 6.07) is 4.60. The fraction of sp³-hybridized carbons (Fsp3) is 0.278. The van der Waals surface area contributed by atoms with Gasteiger partial charge in [0.15, 0.2) is 11.4 Å². The van der Waals surface area contributed by atoms with Crippen LogP contribution >= 0.6 is 23.2 Å². The number of fused-ring (bicyclic) bond motifs is 1. The molecule has 0 aliphatic heterocycles. The average molecular weight is 457 g/mol. The number of anilines is 1. The molecule has 0 radical (unpaired) electrons. The Morgan fingerprint density at radius 3 is 2.76 bits per heavy atom. The Hall–Kier alpha value is -2.36. The van der Waals surface area contributed by atoms with Crippen LogP contribution < -0.4 is 9.46 Å². The highest BCUT2D eigenvalue weighted by Gasteiger charge is 2.21. The van der Waals surface area contributed by atoms with Gasteiger partial charge in [-0.05, 0) is 30.2 Å². The molecule has 0 atom stereocenters. The molecule has 2 aromatic heterocycles. The minimum atomic E-state index is -3.57. The van der Waals surface area contributed by atoms with Crippen molar-refractivity contribution in [3.8, 4) is 5.88 Å². The third-order valence-corrected chi connectivity index (χ3v) is 6.29. The van der Waals surface area contributed by atoms with Crippen molar-refractivity contribution in [1.29, 1.82) is 0 Å². The quantitative estimate of drug-likeness (QED) is 0.497. The lowest BCUT2D eigenvalue weighted by Gasteiger charge is -2.13. The van der Waals surface area contributed by atoms with E-state index in [1.165, 1.54) is 25.4 Å². The van der Waals surface area contributed by atoms with Gasteiger partial charge in [-0.1, -0.05) is 30.1 Å². The molecule has 0 unspecified atom stereocenters. The van der Waals surface area contributed by atoms with E-state index in [0.29, 0.717) is 28.9 Å². The van der Waals surface area contributed by atoms with Crippen LogP contribution in [0.1, 0.15) is 29.3 Å². The molecule has 0 bridgehead atoms. The molecule has 0 aliphatic rings. The molecule has 3 aromatic rings. The zero-order valence-corrected chi connectivity index (χ0v) is 18.0. The topological polar surface area (TPSA) is 114 Å². The molecule has 2 heterocycles. The summed E-state index contributed by atoms with van der Waals surface area (Å²) in [4.78, 5) is 17.1. The van der Waals surface area contributed by atoms with Crippen molar-refractivity contribution >= 4 is 55.7 Å². The third kappa shape index (κ3) is 4.63. The van der Waals surface area contributed by atoms with Gasteiger partial charge in [0.05, 0.1) is 39.5 Å². The smallest absolute Gasteiger partial charge is 0.241 e. The number of rotatable bonds is 8. The minimum Gasteiger partial charge on any atom is -0.479 e. The summed E-state index contributed by atoms with van der Waals surface area (Å²) in [7, 11) is -2.09. The summed E-state index contributed by atoms with van der Waals surface area (Å²) in [5.74, 6) is -0.0710. The molecular formula is C18H18Cl2N4O4S. The number of ether oxygens (including phenoxy) is 1. The fourth-order valence-electron chi connectivity index (χ4n) is 2.82. The van der Waals surface area contributed by atoms with Crippen LogP contribution in [0.15, 0.2) is 24.4 Å². The van der Waals surface area contributed by atoms with E-state index in [1.54, 1.807) is 13.0 Å². The Morgan fingerprint density at radius 2 is 2.07 bits per heavy atom. The van der Waals surface area contributed by atoms with Crippen molar-refractivity contribution in [1.82, 2.24) is 15.2 Å². The molecule has 2 N–H and O–H groups in total. The number of nitrogens with one attached hydrogen (secondary N) is 2. The second-order valence-corrected chi connectivity index (χ2v) is 8.90. The maximum atomic E-state index is 12.9. The largest absolute Gasteiger partial charge is 0.479 e. The average Bonchev–Trinajstić information content (AvgIpc) is 3.06. The number of nitrogens with zero attached hydrogens (tertiary/aromatic N) is 2. The summed E-state index contributed by atoms with van der Waals surface area (Å²) in [5.41, 5.74) is 1.29. The number of Topliss-reactive ketones (excluding diaryl/α,β-unsaturated/α-hetero) is 1. The summed E-state index contributed by atoms with van der Waals surface area (Å²) < 4.78 is 31.7. The van der Waals surface area contributed by atoms with E-state index >= 15 is 0 Å². The lowest BCUT2D eigenvalue weighted by Crippen LogP contribution is -2.17. The van der Waals surface area contributed by atoms with Gasteiger partial charge < -0.3 is 4.74 Å². The highest BCUT2D eigenvalue weighted by molar-refractivity contribution is 7.92. The number of ketones is 1. The van der Waals surface area contributed by atoms with Crippen molar-refractivity contribution < 1.29 is 17.9 Å². The Morgan fingerprint density at radius 1 is 1.31 bits per heavy atom. The number of benzene rings is 1. The Balaban J connectivity index is 1.92. The molecule has 0 fully saturated rings. The second kappa shape index (κ2) is 8.56. The lowest BCUT2D eigenvalue weighted by molar-refractivity contribution is 0.0993. The first kappa shape index (κ1) is 21.4. The van der Waals surface area contributed by atoms with E-state index in [2.05, 4.69) is 19.9 Å². The normalized spacial score (nSPS) is 11.6. The van der Waals surface area contributed by atoms with Crippen molar-refractivity contribution in [2.75, 3.05) is 17.6 Å². The number of aromatic amines is 1. The summed E-state index contributed by atoms with van der Waals surface area (Å²) in [6.07, 6.45) is 1.94. The van der Waals surface area contributed by atoms with Gasteiger partial charge in [-0.2, -0.15) is 0 Å². The fourth-order valence-corrected chi connectivity index (χ4v) is 4.65. The maximum Gasteiger partial charge on any atom is 0.241 e. The predicted molar refractivity (Wildman–Crippen MR) is 113 cm³/mol. The molecule has 3 rings (SSSR count). The van der Waals surface area contributed by atoms with Crippen LogP contribution in [-0.2, 0) is 16.4 Å². The van der Waals surface area contributed by atoms with E-state index in [9.17, 15) is 13.2 Å². The highest BCUT2D eigenvalue weighted by atomic mass is 35.5. The number of aromatic nitrogens is 3. The monoisotopic (exact) mass is 456 g/mol. The van der Waals surface area contributed by atoms with Gasteiger partial charge in [-0.15, -0.1) is 5.10 Å². The Labute approximate surface area is 177 Å². The molecule has 154 valence electrons. The van der Waals surface area contributed by atoms with E-state index < -0.39 is 10.0 Å². The van der Waals surface area contributed by atoms with Crippen LogP contribution in [0.25, 0.3) is 11.0 Å². The van der Waals surface area contributed by atoms with E-state index in [4.69, 9.17) is 27.9 Å². The molecular weight excluding hydrogens is 439 g/mol. The number of pyridine rings is 1. The number of halogens is 2. The van der Waals surface area contributed by atoms with Crippen LogP contribution in [0.2, 0.25) is 10.0 Å². The predicted octanol–water partition coefficient (Wildman–Crippen LogP) is 3.85. The second-order valence-electron chi connectivity index (χ2n) is 6.28. The van der Waals surface area contributed by atoms with Crippen molar-refractivity contribution in [3.63, 3.8) is 0 Å². The van der Waals surface area contributed by atoms with Gasteiger partial charge in [0.2, 0.25) is 15.9 Å². The van der Waals surface area contributed by atoms with Gasteiger partial charge in [0.1, 0.15) is 0 Å². The van der Waals surface area contributed by atoms with Crippen LogP contribution in [-0.4, -0.2) is 42.2 Å². The van der Waals surface area contributed by atoms with Gasteiger partial charge in [0, 0.05) is 12.6 Å². The molecule has 0 saturated carbocycles. The molecule has 1 aromatic carbocycles. The van der Waals surface area contributed by atoms with E-state index in [1.807, 2.05) is 0 Å². The maximum absolute atomic E-state index is 12.9.